The molecule has 0 atom stereocenters. The van der Waals surface area contributed by atoms with Crippen molar-refractivity contribution >= 4 is 34.7 Å². The zero-order valence-corrected chi connectivity index (χ0v) is 13.0. The van der Waals surface area contributed by atoms with E-state index in [2.05, 4.69) is 15.0 Å². The summed E-state index contributed by atoms with van der Waals surface area (Å²) in [5.41, 5.74) is -0.648. The van der Waals surface area contributed by atoms with E-state index in [0.29, 0.717) is 0 Å². The molecule has 0 spiro atoms. The molecule has 23 heavy (non-hydrogen) atoms. The third-order valence-electron chi connectivity index (χ3n) is 2.54. The van der Waals surface area contributed by atoms with Crippen LogP contribution in [0.1, 0.15) is 11.1 Å². The number of methoxy groups -OCH3 is 1. The van der Waals surface area contributed by atoms with E-state index < -0.39 is 17.7 Å². The molecule has 0 bridgehead atoms. The molecule has 0 amide bonds. The number of nitrogens with zero attached hydrogens (tertiary/aromatic N) is 2. The molecule has 0 saturated carbocycles. The molecular weight excluding hydrogens is 331 g/mol. The fourth-order valence-electron chi connectivity index (χ4n) is 1.47. The van der Waals surface area contributed by atoms with E-state index in [9.17, 15) is 18.0 Å². The number of thioether (sulfide) groups is 1. The Kier molecular flexibility index (Phi) is 6.65. The predicted molar refractivity (Wildman–Crippen MR) is 81.9 cm³/mol. The monoisotopic (exact) mass is 343 g/mol. The molecule has 0 radical (unpaired) electrons. The van der Waals surface area contributed by atoms with Crippen molar-refractivity contribution in [2.75, 3.05) is 13.4 Å². The smallest absolute Gasteiger partial charge is 0.416 e. The second kappa shape index (κ2) is 8.24. The van der Waals surface area contributed by atoms with Crippen molar-refractivity contribution < 1.29 is 22.7 Å². The van der Waals surface area contributed by atoms with E-state index in [-0.39, 0.29) is 16.4 Å². The summed E-state index contributed by atoms with van der Waals surface area (Å²) in [5.74, 6) is -0.653. The largest absolute Gasteiger partial charge is 0.466 e. The van der Waals surface area contributed by atoms with Crippen LogP contribution >= 0.6 is 11.8 Å². The number of hydrogen-bond acceptors (Lipinski definition) is 5. The van der Waals surface area contributed by atoms with Crippen LogP contribution in [0.25, 0.3) is 6.08 Å². The highest BCUT2D eigenvalue weighted by atomic mass is 32.2. The van der Waals surface area contributed by atoms with Crippen LogP contribution in [-0.4, -0.2) is 24.5 Å². The van der Waals surface area contributed by atoms with E-state index in [1.807, 2.05) is 0 Å². The van der Waals surface area contributed by atoms with Crippen molar-refractivity contribution in [3.63, 3.8) is 0 Å². The van der Waals surface area contributed by atoms with Crippen LogP contribution in [0.4, 0.5) is 18.9 Å². The lowest BCUT2D eigenvalue weighted by atomic mass is 10.1. The standard InChI is InChI=1S/C14H12F3N3O2S/c1-22-12(21)6-4-9-3-5-10(14(15,16)17)7-11(9)20-13(23-2)19-8-18/h3-7H,1-2H3,(H,19,20). The molecule has 0 aliphatic rings. The SMILES string of the molecule is COC(=O)C=Cc1ccc(C(F)(F)F)cc1N=C(NC#N)SC. The van der Waals surface area contributed by atoms with Crippen molar-refractivity contribution in [3.8, 4) is 6.19 Å². The number of aliphatic imine (C=N–C) groups is 1. The van der Waals surface area contributed by atoms with Crippen LogP contribution in [0, 0.1) is 11.5 Å². The average molecular weight is 343 g/mol. The lowest BCUT2D eigenvalue weighted by Gasteiger charge is -2.10. The summed E-state index contributed by atoms with van der Waals surface area (Å²) in [7, 11) is 1.18. The van der Waals surface area contributed by atoms with E-state index in [1.54, 1.807) is 12.4 Å². The Morgan fingerprint density at radius 3 is 2.70 bits per heavy atom. The maximum absolute atomic E-state index is 12.8. The zero-order valence-electron chi connectivity index (χ0n) is 12.1. The van der Waals surface area contributed by atoms with Crippen molar-refractivity contribution in [1.82, 2.24) is 5.32 Å². The lowest BCUT2D eigenvalue weighted by Crippen LogP contribution is -2.12. The predicted octanol–water partition coefficient (Wildman–Crippen LogP) is 3.31. The van der Waals surface area contributed by atoms with E-state index in [4.69, 9.17) is 5.26 Å². The van der Waals surface area contributed by atoms with E-state index >= 15 is 0 Å². The van der Waals surface area contributed by atoms with E-state index in [0.717, 1.165) is 30.0 Å². The molecule has 1 aromatic carbocycles. The number of benzene rings is 1. The lowest BCUT2D eigenvalue weighted by molar-refractivity contribution is -0.137. The van der Waals surface area contributed by atoms with Gasteiger partial charge in [-0.1, -0.05) is 17.8 Å². The summed E-state index contributed by atoms with van der Waals surface area (Å²) >= 11 is 1.06. The van der Waals surface area contributed by atoms with Gasteiger partial charge in [-0.3, -0.25) is 5.32 Å². The van der Waals surface area contributed by atoms with Gasteiger partial charge in [0.2, 0.25) is 0 Å². The Hall–Kier alpha value is -2.47. The number of rotatable bonds is 3. The van der Waals surface area contributed by atoms with Gasteiger partial charge in [-0.2, -0.15) is 18.4 Å². The van der Waals surface area contributed by atoms with Crippen molar-refractivity contribution in [2.45, 2.75) is 6.18 Å². The second-order valence-corrected chi connectivity index (χ2v) is 4.78. The summed E-state index contributed by atoms with van der Waals surface area (Å²) in [6.07, 6.45) is 1.08. The van der Waals surface area contributed by atoms with Gasteiger partial charge in [0.15, 0.2) is 11.4 Å². The number of carbonyl (C=O) groups is 1. The van der Waals surface area contributed by atoms with Crippen LogP contribution < -0.4 is 5.32 Å². The molecule has 5 nitrogen and oxygen atoms in total. The first kappa shape index (κ1) is 18.6. The maximum atomic E-state index is 12.8. The molecule has 0 heterocycles. The highest BCUT2D eigenvalue weighted by molar-refractivity contribution is 8.13. The molecule has 0 aliphatic heterocycles. The fraction of sp³-hybridized carbons (Fsp3) is 0.214. The third-order valence-corrected chi connectivity index (χ3v) is 3.12. The fourth-order valence-corrected chi connectivity index (χ4v) is 1.80. The number of esters is 1. The number of alkyl halides is 3. The molecule has 0 aliphatic carbocycles. The van der Waals surface area contributed by atoms with Gasteiger partial charge in [-0.25, -0.2) is 9.79 Å². The third kappa shape index (κ3) is 5.67. The van der Waals surface area contributed by atoms with Crippen LogP contribution in [0.3, 0.4) is 0 Å². The molecule has 9 heteroatoms. The number of nitriles is 1. The van der Waals surface area contributed by atoms with Crippen molar-refractivity contribution in [2.24, 2.45) is 4.99 Å². The Bertz CT molecular complexity index is 679. The molecule has 122 valence electrons. The number of ether oxygens (including phenoxy) is 1. The highest BCUT2D eigenvalue weighted by Crippen LogP contribution is 2.34. The van der Waals surface area contributed by atoms with Crippen LogP contribution in [0.2, 0.25) is 0 Å². The summed E-state index contributed by atoms with van der Waals surface area (Å²) in [6, 6.07) is 2.91. The van der Waals surface area contributed by atoms with Crippen LogP contribution in [0.5, 0.6) is 0 Å². The van der Waals surface area contributed by atoms with Crippen molar-refractivity contribution in [1.29, 1.82) is 5.26 Å². The van der Waals surface area contributed by atoms with Gasteiger partial charge in [0.1, 0.15) is 0 Å². The summed E-state index contributed by atoms with van der Waals surface area (Å²) < 4.78 is 42.9. The Morgan fingerprint density at radius 1 is 1.48 bits per heavy atom. The maximum Gasteiger partial charge on any atom is 0.416 e. The molecular formula is C14H12F3N3O2S. The minimum absolute atomic E-state index is 0.0351. The van der Waals surface area contributed by atoms with Gasteiger partial charge >= 0.3 is 12.1 Å². The average Bonchev–Trinajstić information content (AvgIpc) is 2.51. The van der Waals surface area contributed by atoms with Gasteiger partial charge in [0.25, 0.3) is 0 Å². The van der Waals surface area contributed by atoms with Gasteiger partial charge in [-0.15, -0.1) is 0 Å². The number of hydrogen-bond donors (Lipinski definition) is 1. The van der Waals surface area contributed by atoms with Gasteiger partial charge in [0.05, 0.1) is 18.4 Å². The topological polar surface area (TPSA) is 74.5 Å². The molecule has 1 N–H and O–H groups in total. The second-order valence-electron chi connectivity index (χ2n) is 3.99. The summed E-state index contributed by atoms with van der Waals surface area (Å²) in [6.45, 7) is 0. The number of carbonyl (C=O) groups excluding carboxylic acids is 1. The van der Waals surface area contributed by atoms with Crippen LogP contribution in [-0.2, 0) is 15.7 Å². The molecule has 0 fully saturated rings. The number of nitrogens with one attached hydrogen (secondary N) is 1. The molecule has 1 rings (SSSR count). The Labute approximate surface area is 134 Å². The summed E-state index contributed by atoms with van der Waals surface area (Å²) in [5, 5.41) is 11.0. The zero-order chi connectivity index (χ0) is 17.5. The number of halogens is 3. The first-order valence-corrected chi connectivity index (χ1v) is 7.29. The highest BCUT2D eigenvalue weighted by Gasteiger charge is 2.30. The molecule has 1 aromatic rings. The van der Waals surface area contributed by atoms with E-state index in [1.165, 1.54) is 19.3 Å². The molecule has 0 unspecified atom stereocenters. The van der Waals surface area contributed by atoms with Gasteiger partial charge in [-0.05, 0) is 24.5 Å². The number of amidine groups is 1. The van der Waals surface area contributed by atoms with Gasteiger partial charge < -0.3 is 4.74 Å². The first-order chi connectivity index (χ1) is 10.8. The Morgan fingerprint density at radius 2 is 2.17 bits per heavy atom. The van der Waals surface area contributed by atoms with Gasteiger partial charge in [0, 0.05) is 11.6 Å². The minimum Gasteiger partial charge on any atom is -0.466 e. The first-order valence-electron chi connectivity index (χ1n) is 6.07. The quantitative estimate of drug-likeness (QED) is 0.228. The Balaban J connectivity index is 3.37. The van der Waals surface area contributed by atoms with Crippen molar-refractivity contribution in [3.05, 3.63) is 35.4 Å². The normalized spacial score (nSPS) is 12.1. The summed E-state index contributed by atoms with van der Waals surface area (Å²) in [4.78, 5) is 15.1. The minimum atomic E-state index is -4.53. The van der Waals surface area contributed by atoms with Crippen LogP contribution in [0.15, 0.2) is 29.3 Å². The molecule has 0 aromatic heterocycles. The molecule has 0 saturated heterocycles.